The summed E-state index contributed by atoms with van der Waals surface area (Å²) in [5.41, 5.74) is 7.35. The Morgan fingerprint density at radius 1 is 1.19 bits per heavy atom. The van der Waals surface area contributed by atoms with E-state index in [-0.39, 0.29) is 5.54 Å². The van der Waals surface area contributed by atoms with E-state index in [2.05, 4.69) is 26.1 Å². The van der Waals surface area contributed by atoms with Gasteiger partial charge in [0.1, 0.15) is 0 Å². The van der Waals surface area contributed by atoms with Gasteiger partial charge in [0.05, 0.1) is 15.7 Å². The van der Waals surface area contributed by atoms with E-state index >= 15 is 0 Å². The minimum absolute atomic E-state index is 0.126. The van der Waals surface area contributed by atoms with Crippen molar-refractivity contribution in [2.75, 3.05) is 12.3 Å². The van der Waals surface area contributed by atoms with Gasteiger partial charge in [-0.05, 0) is 51.4 Å². The lowest BCUT2D eigenvalue weighted by Gasteiger charge is -2.20. The third-order valence-electron chi connectivity index (χ3n) is 2.21. The van der Waals surface area contributed by atoms with Crippen molar-refractivity contribution in [2.45, 2.75) is 32.7 Å². The van der Waals surface area contributed by atoms with Crippen LogP contribution in [0.3, 0.4) is 0 Å². The van der Waals surface area contributed by atoms with Gasteiger partial charge in [-0.2, -0.15) is 0 Å². The van der Waals surface area contributed by atoms with E-state index in [9.17, 15) is 0 Å². The van der Waals surface area contributed by atoms with Crippen molar-refractivity contribution in [3.8, 4) is 0 Å². The lowest BCUT2D eigenvalue weighted by Crippen LogP contribution is -2.37. The van der Waals surface area contributed by atoms with Crippen molar-refractivity contribution in [3.05, 3.63) is 27.7 Å². The molecule has 3 N–H and O–H groups in total. The topological polar surface area (TPSA) is 38.0 Å². The largest absolute Gasteiger partial charge is 0.396 e. The van der Waals surface area contributed by atoms with Gasteiger partial charge in [-0.1, -0.05) is 23.2 Å². The first-order valence-corrected chi connectivity index (χ1v) is 6.03. The number of nitrogens with one attached hydrogen (secondary N) is 1. The predicted molar refractivity (Wildman–Crippen MR) is 72.3 cm³/mol. The Morgan fingerprint density at radius 2 is 1.69 bits per heavy atom. The molecule has 0 fully saturated rings. The van der Waals surface area contributed by atoms with Crippen LogP contribution in [-0.4, -0.2) is 12.1 Å². The van der Waals surface area contributed by atoms with Crippen LogP contribution in [-0.2, 0) is 6.42 Å². The maximum Gasteiger partial charge on any atom is 0.0693 e. The number of hydrogen-bond donors (Lipinski definition) is 2. The molecule has 1 rings (SSSR count). The number of rotatable bonds is 3. The van der Waals surface area contributed by atoms with Crippen LogP contribution in [0.4, 0.5) is 5.69 Å². The van der Waals surface area contributed by atoms with Crippen LogP contribution in [0.5, 0.6) is 0 Å². The molecule has 90 valence electrons. The summed E-state index contributed by atoms with van der Waals surface area (Å²) in [6.07, 6.45) is 0.886. The zero-order valence-electron chi connectivity index (χ0n) is 9.90. The molecular weight excluding hydrogens is 243 g/mol. The van der Waals surface area contributed by atoms with Gasteiger partial charge in [0.25, 0.3) is 0 Å². The van der Waals surface area contributed by atoms with Gasteiger partial charge in [-0.15, -0.1) is 0 Å². The van der Waals surface area contributed by atoms with E-state index in [1.807, 2.05) is 12.1 Å². The average molecular weight is 261 g/mol. The van der Waals surface area contributed by atoms with Gasteiger partial charge in [-0.25, -0.2) is 0 Å². The Kier molecular flexibility index (Phi) is 4.48. The molecule has 4 heteroatoms. The second kappa shape index (κ2) is 5.26. The normalized spacial score (nSPS) is 11.8. The second-order valence-electron chi connectivity index (χ2n) is 4.90. The van der Waals surface area contributed by atoms with Gasteiger partial charge >= 0.3 is 0 Å². The summed E-state index contributed by atoms with van der Waals surface area (Å²) in [7, 11) is 0. The first kappa shape index (κ1) is 13.6. The van der Waals surface area contributed by atoms with Crippen molar-refractivity contribution < 1.29 is 0 Å². The quantitative estimate of drug-likeness (QED) is 0.817. The molecule has 0 aromatic heterocycles. The van der Waals surface area contributed by atoms with Crippen molar-refractivity contribution in [2.24, 2.45) is 0 Å². The zero-order valence-corrected chi connectivity index (χ0v) is 11.4. The molecule has 1 aromatic carbocycles. The molecule has 0 saturated carbocycles. The highest BCUT2D eigenvalue weighted by atomic mass is 35.5. The standard InChI is InChI=1S/C12H18Cl2N2/c1-12(2,3)16-5-4-8-6-9(13)11(15)10(14)7-8/h6-7,16H,4-5,15H2,1-3H3. The number of halogens is 2. The first-order valence-electron chi connectivity index (χ1n) is 5.28. The van der Waals surface area contributed by atoms with E-state index in [1.165, 1.54) is 0 Å². The van der Waals surface area contributed by atoms with E-state index in [0.717, 1.165) is 18.5 Å². The minimum Gasteiger partial charge on any atom is -0.396 e. The van der Waals surface area contributed by atoms with Gasteiger partial charge < -0.3 is 11.1 Å². The molecule has 0 aliphatic heterocycles. The van der Waals surface area contributed by atoms with Crippen LogP contribution in [0.15, 0.2) is 12.1 Å². The van der Waals surface area contributed by atoms with Crippen molar-refractivity contribution in [1.29, 1.82) is 0 Å². The maximum atomic E-state index is 5.96. The summed E-state index contributed by atoms with van der Waals surface area (Å²) in [4.78, 5) is 0. The number of nitrogens with two attached hydrogens (primary N) is 1. The maximum absolute atomic E-state index is 5.96. The van der Waals surface area contributed by atoms with Crippen molar-refractivity contribution in [1.82, 2.24) is 5.32 Å². The summed E-state index contributed by atoms with van der Waals surface area (Å²) >= 11 is 11.9. The predicted octanol–water partition coefficient (Wildman–Crippen LogP) is 3.51. The summed E-state index contributed by atoms with van der Waals surface area (Å²) in [6.45, 7) is 7.29. The number of hydrogen-bond acceptors (Lipinski definition) is 2. The fourth-order valence-corrected chi connectivity index (χ4v) is 1.90. The Morgan fingerprint density at radius 3 is 2.12 bits per heavy atom. The monoisotopic (exact) mass is 260 g/mol. The van der Waals surface area contributed by atoms with E-state index in [1.54, 1.807) is 0 Å². The smallest absolute Gasteiger partial charge is 0.0693 e. The van der Waals surface area contributed by atoms with Crippen LogP contribution in [0, 0.1) is 0 Å². The molecular formula is C12H18Cl2N2. The molecule has 0 spiro atoms. The van der Waals surface area contributed by atoms with Gasteiger partial charge in [0.2, 0.25) is 0 Å². The van der Waals surface area contributed by atoms with Crippen LogP contribution >= 0.6 is 23.2 Å². The van der Waals surface area contributed by atoms with E-state index in [4.69, 9.17) is 28.9 Å². The molecule has 0 radical (unpaired) electrons. The highest BCUT2D eigenvalue weighted by molar-refractivity contribution is 6.38. The number of nitrogen functional groups attached to an aromatic ring is 1. The second-order valence-corrected chi connectivity index (χ2v) is 5.71. The molecule has 0 aliphatic carbocycles. The van der Waals surface area contributed by atoms with Gasteiger partial charge in [0, 0.05) is 5.54 Å². The summed E-state index contributed by atoms with van der Waals surface area (Å²) in [5, 5.41) is 4.46. The Labute approximate surface area is 107 Å². The fraction of sp³-hybridized carbons (Fsp3) is 0.500. The van der Waals surface area contributed by atoms with Crippen molar-refractivity contribution >= 4 is 28.9 Å². The molecule has 0 saturated heterocycles. The molecule has 1 aromatic rings. The van der Waals surface area contributed by atoms with Gasteiger partial charge in [-0.3, -0.25) is 0 Å². The third kappa shape index (κ3) is 4.20. The fourth-order valence-electron chi connectivity index (χ4n) is 1.36. The summed E-state index contributed by atoms with van der Waals surface area (Å²) in [5.74, 6) is 0. The lowest BCUT2D eigenvalue weighted by molar-refractivity contribution is 0.429. The van der Waals surface area contributed by atoms with Crippen molar-refractivity contribution in [3.63, 3.8) is 0 Å². The SMILES string of the molecule is CC(C)(C)NCCc1cc(Cl)c(N)c(Cl)c1. The molecule has 0 atom stereocenters. The molecule has 16 heavy (non-hydrogen) atoms. The van der Waals surface area contributed by atoms with Crippen LogP contribution in [0.25, 0.3) is 0 Å². The average Bonchev–Trinajstić information content (AvgIpc) is 2.12. The Hall–Kier alpha value is -0.440. The zero-order chi connectivity index (χ0) is 12.3. The third-order valence-corrected chi connectivity index (χ3v) is 2.83. The Balaban J connectivity index is 2.62. The summed E-state index contributed by atoms with van der Waals surface area (Å²) < 4.78 is 0. The van der Waals surface area contributed by atoms with Gasteiger partial charge in [0.15, 0.2) is 0 Å². The molecule has 2 nitrogen and oxygen atoms in total. The Bertz CT molecular complexity index is 347. The molecule has 0 bridgehead atoms. The number of benzene rings is 1. The first-order chi connectivity index (χ1) is 7.29. The summed E-state index contributed by atoms with van der Waals surface area (Å²) in [6, 6.07) is 3.74. The molecule has 0 heterocycles. The van der Waals surface area contributed by atoms with Crippen LogP contribution < -0.4 is 11.1 Å². The van der Waals surface area contributed by atoms with E-state index < -0.39 is 0 Å². The minimum atomic E-state index is 0.126. The molecule has 0 unspecified atom stereocenters. The lowest BCUT2D eigenvalue weighted by atomic mass is 10.1. The van der Waals surface area contributed by atoms with E-state index in [0.29, 0.717) is 15.7 Å². The highest BCUT2D eigenvalue weighted by Gasteiger charge is 2.09. The van der Waals surface area contributed by atoms with Crippen LogP contribution in [0.2, 0.25) is 10.0 Å². The molecule has 0 aliphatic rings. The highest BCUT2D eigenvalue weighted by Crippen LogP contribution is 2.28. The number of anilines is 1. The van der Waals surface area contributed by atoms with Crippen LogP contribution in [0.1, 0.15) is 26.3 Å². The molecule has 0 amide bonds.